The van der Waals surface area contributed by atoms with Crippen molar-refractivity contribution >= 4 is 31.6 Å². The number of aromatic nitrogens is 4. The second-order valence-corrected chi connectivity index (χ2v) is 14.3. The van der Waals surface area contributed by atoms with Gasteiger partial charge in [-0.25, -0.2) is 13.1 Å². The molecule has 1 fully saturated rings. The number of benzene rings is 2. The number of likely N-dealkylation sites (tertiary alicyclic amines) is 1. The van der Waals surface area contributed by atoms with E-state index in [1.165, 1.54) is 5.56 Å². The highest BCUT2D eigenvalue weighted by molar-refractivity contribution is 8.71. The molecule has 2 aromatic heterocycles. The van der Waals surface area contributed by atoms with Gasteiger partial charge in [-0.3, -0.25) is 9.58 Å². The Labute approximate surface area is 250 Å². The van der Waals surface area contributed by atoms with Crippen LogP contribution in [-0.2, 0) is 20.7 Å². The highest BCUT2D eigenvalue weighted by Gasteiger charge is 2.34. The molecule has 1 aliphatic heterocycles. The van der Waals surface area contributed by atoms with Crippen molar-refractivity contribution < 1.29 is 13.2 Å². The van der Waals surface area contributed by atoms with Crippen molar-refractivity contribution in [3.05, 3.63) is 84.2 Å². The van der Waals surface area contributed by atoms with Gasteiger partial charge in [0.1, 0.15) is 22.5 Å². The summed E-state index contributed by atoms with van der Waals surface area (Å²) in [5.74, 6) is 1.16. The van der Waals surface area contributed by atoms with Gasteiger partial charge in [-0.2, -0.15) is 14.6 Å². The lowest BCUT2D eigenvalue weighted by Crippen LogP contribution is -2.43. The number of anilines is 1. The number of nitrogens with zero attached hydrogens (tertiary/aromatic N) is 6. The van der Waals surface area contributed by atoms with E-state index >= 15 is 0 Å². The summed E-state index contributed by atoms with van der Waals surface area (Å²) in [4.78, 5) is 2.35. The van der Waals surface area contributed by atoms with Crippen LogP contribution in [0.25, 0.3) is 16.9 Å². The molecule has 13 heteroatoms. The number of aryl methyl sites for hydroxylation is 1. The summed E-state index contributed by atoms with van der Waals surface area (Å²) >= 11 is 0. The standard InChI is InChI=1S/C29H36N8O3S2/c1-21-27(23-17-30-35(2)18-23)33-37(24-13-9-6-10-14-24)28(21)32-29(34-41-42(4,38)39)31-26-20-36(15-16-40-3)19-25(26)22-11-7-5-8-12-22/h5-14,17-18,25-26H,15-16,19-20H2,1-4H3,(H2,31,32,34)/t25-,26+/m0/s1. The average molecular weight is 609 g/mol. The third-order valence-corrected chi connectivity index (χ3v) is 8.72. The first-order valence-corrected chi connectivity index (χ1v) is 16.8. The molecule has 0 aliphatic carbocycles. The summed E-state index contributed by atoms with van der Waals surface area (Å²) < 4.78 is 37.7. The van der Waals surface area contributed by atoms with Crippen LogP contribution in [0.15, 0.2) is 77.5 Å². The number of nitrogens with one attached hydrogen (secondary N) is 2. The van der Waals surface area contributed by atoms with Crippen LogP contribution in [-0.4, -0.2) is 84.5 Å². The van der Waals surface area contributed by atoms with Gasteiger partial charge in [0.2, 0.25) is 14.8 Å². The molecular formula is C29H36N8O3S2. The number of para-hydroxylation sites is 1. The minimum Gasteiger partial charge on any atom is -0.383 e. The summed E-state index contributed by atoms with van der Waals surface area (Å²) in [5.41, 5.74) is 4.56. The molecule has 0 radical (unpaired) electrons. The maximum atomic E-state index is 12.2. The van der Waals surface area contributed by atoms with Crippen molar-refractivity contribution in [1.82, 2.24) is 29.8 Å². The van der Waals surface area contributed by atoms with Gasteiger partial charge in [0.05, 0.1) is 24.7 Å². The normalized spacial score (nSPS) is 18.0. The number of hydrogen-bond acceptors (Lipinski definition) is 8. The van der Waals surface area contributed by atoms with Gasteiger partial charge < -0.3 is 15.4 Å². The first-order valence-electron chi connectivity index (χ1n) is 13.6. The van der Waals surface area contributed by atoms with Crippen LogP contribution in [0.1, 0.15) is 17.0 Å². The van der Waals surface area contributed by atoms with Crippen molar-refractivity contribution in [3.63, 3.8) is 0 Å². The summed E-state index contributed by atoms with van der Waals surface area (Å²) in [7, 11) is 0.645. The zero-order valence-corrected chi connectivity index (χ0v) is 25.8. The van der Waals surface area contributed by atoms with E-state index in [0.717, 1.165) is 48.4 Å². The molecule has 0 spiro atoms. The zero-order valence-electron chi connectivity index (χ0n) is 24.1. The van der Waals surface area contributed by atoms with E-state index in [1.54, 1.807) is 18.0 Å². The Morgan fingerprint density at radius 2 is 1.83 bits per heavy atom. The van der Waals surface area contributed by atoms with E-state index in [9.17, 15) is 8.42 Å². The lowest BCUT2D eigenvalue weighted by Gasteiger charge is -2.23. The van der Waals surface area contributed by atoms with Crippen LogP contribution in [0.4, 0.5) is 5.82 Å². The molecule has 42 heavy (non-hydrogen) atoms. The zero-order chi connectivity index (χ0) is 29.7. The first kappa shape index (κ1) is 29.8. The monoisotopic (exact) mass is 608 g/mol. The third kappa shape index (κ3) is 7.21. The van der Waals surface area contributed by atoms with Crippen LogP contribution in [0, 0.1) is 6.92 Å². The molecule has 1 aliphatic rings. The van der Waals surface area contributed by atoms with Gasteiger partial charge in [0, 0.05) is 63.1 Å². The van der Waals surface area contributed by atoms with Gasteiger partial charge in [-0.15, -0.1) is 0 Å². The minimum absolute atomic E-state index is 0.0399. The Hall–Kier alpha value is -3.65. The minimum atomic E-state index is -3.45. The van der Waals surface area contributed by atoms with E-state index in [1.807, 2.05) is 73.4 Å². The highest BCUT2D eigenvalue weighted by atomic mass is 33.1. The summed E-state index contributed by atoms with van der Waals surface area (Å²) in [6.45, 7) is 4.98. The van der Waals surface area contributed by atoms with E-state index < -0.39 is 8.87 Å². The number of rotatable bonds is 10. The number of guanidine groups is 1. The van der Waals surface area contributed by atoms with Crippen LogP contribution < -0.4 is 10.6 Å². The lowest BCUT2D eigenvalue weighted by atomic mass is 9.94. The van der Waals surface area contributed by atoms with Crippen LogP contribution >= 0.6 is 11.0 Å². The maximum Gasteiger partial charge on any atom is 0.219 e. The molecule has 5 rings (SSSR count). The van der Waals surface area contributed by atoms with Crippen molar-refractivity contribution in [3.8, 4) is 16.9 Å². The van der Waals surface area contributed by atoms with Gasteiger partial charge in [0.15, 0.2) is 0 Å². The van der Waals surface area contributed by atoms with Crippen LogP contribution in [0.3, 0.4) is 0 Å². The average Bonchev–Trinajstić information content (AvgIpc) is 3.68. The van der Waals surface area contributed by atoms with Crippen molar-refractivity contribution in [2.45, 2.75) is 18.9 Å². The van der Waals surface area contributed by atoms with E-state index in [0.29, 0.717) is 29.4 Å². The summed E-state index contributed by atoms with van der Waals surface area (Å²) in [5, 5.41) is 16.3. The molecule has 2 aromatic carbocycles. The Morgan fingerprint density at radius 1 is 1.12 bits per heavy atom. The number of hydrogen-bond donors (Lipinski definition) is 2. The second kappa shape index (κ2) is 13.1. The van der Waals surface area contributed by atoms with Crippen molar-refractivity contribution in [1.29, 1.82) is 0 Å². The van der Waals surface area contributed by atoms with E-state index in [4.69, 9.17) is 9.84 Å². The van der Waals surface area contributed by atoms with Crippen molar-refractivity contribution in [2.24, 2.45) is 11.4 Å². The second-order valence-electron chi connectivity index (χ2n) is 10.3. The Morgan fingerprint density at radius 3 is 2.48 bits per heavy atom. The molecule has 0 unspecified atom stereocenters. The predicted molar refractivity (Wildman–Crippen MR) is 168 cm³/mol. The first-order chi connectivity index (χ1) is 20.2. The van der Waals surface area contributed by atoms with Crippen LogP contribution in [0.2, 0.25) is 0 Å². The largest absolute Gasteiger partial charge is 0.383 e. The molecule has 222 valence electrons. The summed E-state index contributed by atoms with van der Waals surface area (Å²) in [6.07, 6.45) is 4.84. The van der Waals surface area contributed by atoms with Gasteiger partial charge >= 0.3 is 0 Å². The van der Waals surface area contributed by atoms with E-state index in [2.05, 4.69) is 37.2 Å². The molecule has 0 bridgehead atoms. The molecule has 1 saturated heterocycles. The van der Waals surface area contributed by atoms with Gasteiger partial charge in [0.25, 0.3) is 0 Å². The summed E-state index contributed by atoms with van der Waals surface area (Å²) in [6, 6.07) is 20.1. The molecule has 2 atom stereocenters. The third-order valence-electron chi connectivity index (χ3n) is 7.16. The molecule has 0 saturated carbocycles. The lowest BCUT2D eigenvalue weighted by molar-refractivity contribution is 0.159. The Bertz CT molecular complexity index is 1620. The Kier molecular flexibility index (Phi) is 9.31. The topological polar surface area (TPSA) is 119 Å². The fourth-order valence-corrected chi connectivity index (χ4v) is 6.11. The highest BCUT2D eigenvalue weighted by Crippen LogP contribution is 2.32. The molecule has 11 nitrogen and oxygen atoms in total. The molecule has 2 N–H and O–H groups in total. The fourth-order valence-electron chi connectivity index (χ4n) is 5.17. The van der Waals surface area contributed by atoms with Gasteiger partial charge in [-0.1, -0.05) is 48.5 Å². The van der Waals surface area contributed by atoms with Gasteiger partial charge in [-0.05, 0) is 24.6 Å². The smallest absolute Gasteiger partial charge is 0.219 e. The maximum absolute atomic E-state index is 12.2. The molecular weight excluding hydrogens is 573 g/mol. The van der Waals surface area contributed by atoms with E-state index in [-0.39, 0.29) is 12.0 Å². The predicted octanol–water partition coefficient (Wildman–Crippen LogP) is 3.66. The molecule has 3 heterocycles. The molecule has 0 amide bonds. The Balaban J connectivity index is 1.52. The fraction of sp³-hybridized carbons (Fsp3) is 0.345. The quantitative estimate of drug-likeness (QED) is 0.120. The SMILES string of the molecule is COCCN1C[C@@H](N/C(=N\SS(C)(=O)=O)Nc2c(C)c(-c3cnn(C)c3)nn2-c2ccccc2)[C@H](c2ccccc2)C1. The molecule has 4 aromatic rings. The number of methoxy groups -OCH3 is 1. The van der Waals surface area contributed by atoms with Crippen molar-refractivity contribution in [2.75, 3.05) is 44.9 Å². The van der Waals surface area contributed by atoms with Crippen LogP contribution in [0.5, 0.6) is 0 Å². The number of ether oxygens (including phenoxy) is 1.